The van der Waals surface area contributed by atoms with E-state index in [1.165, 1.54) is 48.1 Å². The van der Waals surface area contributed by atoms with Crippen molar-refractivity contribution in [2.45, 2.75) is 26.3 Å². The van der Waals surface area contributed by atoms with Crippen LogP contribution in [-0.2, 0) is 6.54 Å². The zero-order valence-corrected chi connectivity index (χ0v) is 12.6. The molecule has 0 spiro atoms. The molecule has 0 amide bonds. The minimum Gasteiger partial charge on any atom is -0.358 e. The van der Waals surface area contributed by atoms with Crippen molar-refractivity contribution < 1.29 is 0 Å². The molecule has 3 rings (SSSR count). The van der Waals surface area contributed by atoms with Gasteiger partial charge in [-0.15, -0.1) is 0 Å². The molecule has 1 aliphatic rings. The van der Waals surface area contributed by atoms with Crippen molar-refractivity contribution in [3.05, 3.63) is 35.5 Å². The Hall–Kier alpha value is -1.32. The van der Waals surface area contributed by atoms with E-state index in [0.717, 1.165) is 19.0 Å². The second-order valence-electron chi connectivity index (χ2n) is 6.08. The van der Waals surface area contributed by atoms with Gasteiger partial charge < -0.3 is 10.3 Å². The number of rotatable bonds is 4. The number of para-hydroxylation sites is 1. The first-order valence-corrected chi connectivity index (χ1v) is 7.71. The van der Waals surface area contributed by atoms with Crippen LogP contribution in [0.25, 0.3) is 10.9 Å². The zero-order chi connectivity index (χ0) is 13.9. The molecule has 2 N–H and O–H groups in total. The molecule has 2 aromatic rings. The van der Waals surface area contributed by atoms with E-state index in [-0.39, 0.29) is 0 Å². The molecular formula is C17H25N3. The number of likely N-dealkylation sites (tertiary alicyclic amines) is 1. The molecule has 0 radical (unpaired) electrons. The Morgan fingerprint density at radius 2 is 2.20 bits per heavy atom. The van der Waals surface area contributed by atoms with Crippen LogP contribution in [0, 0.1) is 12.8 Å². The molecule has 0 bridgehead atoms. The number of hydrogen-bond donors (Lipinski definition) is 2. The summed E-state index contributed by atoms with van der Waals surface area (Å²) in [5, 5.41) is 4.71. The molecule has 3 nitrogen and oxygen atoms in total. The maximum Gasteiger partial charge on any atom is 0.0459 e. The lowest BCUT2D eigenvalue weighted by Gasteiger charge is -2.32. The van der Waals surface area contributed by atoms with E-state index in [2.05, 4.69) is 53.4 Å². The molecule has 0 aliphatic carbocycles. The lowest BCUT2D eigenvalue weighted by atomic mass is 9.97. The highest BCUT2D eigenvalue weighted by molar-refractivity contribution is 5.84. The molecule has 108 valence electrons. The summed E-state index contributed by atoms with van der Waals surface area (Å²) in [6.45, 7) is 6.88. The molecule has 1 aromatic heterocycles. The lowest BCUT2D eigenvalue weighted by molar-refractivity contribution is 0.167. The van der Waals surface area contributed by atoms with Gasteiger partial charge in [-0.25, -0.2) is 0 Å². The average Bonchev–Trinajstić information content (AvgIpc) is 2.76. The third-order valence-electron chi connectivity index (χ3n) is 4.50. The fourth-order valence-electron chi connectivity index (χ4n) is 3.51. The highest BCUT2D eigenvalue weighted by Crippen LogP contribution is 2.25. The van der Waals surface area contributed by atoms with Crippen LogP contribution in [0.2, 0.25) is 0 Å². The Labute approximate surface area is 121 Å². The van der Waals surface area contributed by atoms with E-state index in [1.807, 2.05) is 0 Å². The van der Waals surface area contributed by atoms with Gasteiger partial charge in [0.15, 0.2) is 0 Å². The first-order chi connectivity index (χ1) is 9.78. The van der Waals surface area contributed by atoms with Gasteiger partial charge in [-0.1, -0.05) is 18.2 Å². The molecule has 1 atom stereocenters. The molecule has 0 saturated carbocycles. The van der Waals surface area contributed by atoms with E-state index in [4.69, 9.17) is 0 Å². The normalized spacial score (nSPS) is 20.6. The Kier molecular flexibility index (Phi) is 4.08. The number of aryl methyl sites for hydroxylation is 1. The molecule has 1 saturated heterocycles. The zero-order valence-electron chi connectivity index (χ0n) is 12.6. The first kappa shape index (κ1) is 13.7. The standard InChI is InChI=1S/C17H25N3/c1-13-16(15-7-3-4-8-17(15)19-13)12-20-9-5-6-14(11-20)10-18-2/h3-4,7-8,14,18-19H,5-6,9-12H2,1-2H3. The number of piperidine rings is 1. The summed E-state index contributed by atoms with van der Waals surface area (Å²) >= 11 is 0. The highest BCUT2D eigenvalue weighted by atomic mass is 15.1. The summed E-state index contributed by atoms with van der Waals surface area (Å²) in [5.74, 6) is 0.805. The van der Waals surface area contributed by atoms with E-state index < -0.39 is 0 Å². The van der Waals surface area contributed by atoms with Gasteiger partial charge in [0.2, 0.25) is 0 Å². The predicted octanol–water partition coefficient (Wildman–Crippen LogP) is 2.91. The van der Waals surface area contributed by atoms with Crippen LogP contribution in [0.1, 0.15) is 24.1 Å². The first-order valence-electron chi connectivity index (χ1n) is 7.71. The van der Waals surface area contributed by atoms with E-state index >= 15 is 0 Å². The largest absolute Gasteiger partial charge is 0.358 e. The monoisotopic (exact) mass is 271 g/mol. The number of benzene rings is 1. The maximum atomic E-state index is 3.51. The van der Waals surface area contributed by atoms with Crippen molar-refractivity contribution in [1.29, 1.82) is 0 Å². The topological polar surface area (TPSA) is 31.1 Å². The quantitative estimate of drug-likeness (QED) is 0.896. The van der Waals surface area contributed by atoms with Crippen LogP contribution in [0.4, 0.5) is 0 Å². The number of aromatic nitrogens is 1. The number of hydrogen-bond acceptors (Lipinski definition) is 2. The van der Waals surface area contributed by atoms with Crippen molar-refractivity contribution >= 4 is 10.9 Å². The third kappa shape index (κ3) is 2.74. The van der Waals surface area contributed by atoms with Crippen LogP contribution in [0.5, 0.6) is 0 Å². The van der Waals surface area contributed by atoms with Gasteiger partial charge in [0.05, 0.1) is 0 Å². The molecule has 20 heavy (non-hydrogen) atoms. The van der Waals surface area contributed by atoms with E-state index in [1.54, 1.807) is 0 Å². The van der Waals surface area contributed by atoms with Crippen LogP contribution in [-0.4, -0.2) is 36.6 Å². The van der Waals surface area contributed by atoms with E-state index in [9.17, 15) is 0 Å². The third-order valence-corrected chi connectivity index (χ3v) is 4.50. The molecule has 2 heterocycles. The summed E-state index contributed by atoms with van der Waals surface area (Å²) in [5.41, 5.74) is 4.07. The van der Waals surface area contributed by atoms with Gasteiger partial charge in [-0.05, 0) is 57.5 Å². The molecule has 1 aromatic carbocycles. The van der Waals surface area contributed by atoms with Gasteiger partial charge in [-0.3, -0.25) is 4.90 Å². The van der Waals surface area contributed by atoms with Crippen LogP contribution < -0.4 is 5.32 Å². The number of nitrogens with one attached hydrogen (secondary N) is 2. The Morgan fingerprint density at radius 1 is 1.35 bits per heavy atom. The van der Waals surface area contributed by atoms with Gasteiger partial charge in [0.1, 0.15) is 0 Å². The van der Waals surface area contributed by atoms with Gasteiger partial charge in [-0.2, -0.15) is 0 Å². The highest BCUT2D eigenvalue weighted by Gasteiger charge is 2.20. The second-order valence-corrected chi connectivity index (χ2v) is 6.08. The smallest absolute Gasteiger partial charge is 0.0459 e. The predicted molar refractivity (Wildman–Crippen MR) is 85.0 cm³/mol. The lowest BCUT2D eigenvalue weighted by Crippen LogP contribution is -2.38. The SMILES string of the molecule is CNCC1CCCN(Cc2c(C)[nH]c3ccccc23)C1. The fourth-order valence-corrected chi connectivity index (χ4v) is 3.51. The number of H-pyrrole nitrogens is 1. The van der Waals surface area contributed by atoms with Gasteiger partial charge in [0.25, 0.3) is 0 Å². The summed E-state index contributed by atoms with van der Waals surface area (Å²) in [6, 6.07) is 8.65. The summed E-state index contributed by atoms with van der Waals surface area (Å²) in [7, 11) is 2.06. The molecule has 1 unspecified atom stereocenters. The number of aromatic amines is 1. The molecule has 1 fully saturated rings. The molecular weight excluding hydrogens is 246 g/mol. The fraction of sp³-hybridized carbons (Fsp3) is 0.529. The van der Waals surface area contributed by atoms with Crippen molar-refractivity contribution in [3.8, 4) is 0 Å². The van der Waals surface area contributed by atoms with Crippen LogP contribution in [0.3, 0.4) is 0 Å². The molecule has 3 heteroatoms. The van der Waals surface area contributed by atoms with Crippen molar-refractivity contribution in [3.63, 3.8) is 0 Å². The summed E-state index contributed by atoms with van der Waals surface area (Å²) in [4.78, 5) is 6.13. The van der Waals surface area contributed by atoms with Crippen molar-refractivity contribution in [1.82, 2.24) is 15.2 Å². The molecule has 1 aliphatic heterocycles. The number of nitrogens with zero attached hydrogens (tertiary/aromatic N) is 1. The second kappa shape index (κ2) is 5.98. The minimum absolute atomic E-state index is 0.805. The van der Waals surface area contributed by atoms with Crippen molar-refractivity contribution in [2.75, 3.05) is 26.7 Å². The average molecular weight is 271 g/mol. The van der Waals surface area contributed by atoms with Crippen molar-refractivity contribution in [2.24, 2.45) is 5.92 Å². The maximum absolute atomic E-state index is 3.51. The Balaban J connectivity index is 1.77. The van der Waals surface area contributed by atoms with Crippen LogP contribution >= 0.6 is 0 Å². The number of fused-ring (bicyclic) bond motifs is 1. The minimum atomic E-state index is 0.805. The van der Waals surface area contributed by atoms with E-state index in [0.29, 0.717) is 0 Å². The van der Waals surface area contributed by atoms with Crippen LogP contribution in [0.15, 0.2) is 24.3 Å². The Morgan fingerprint density at radius 3 is 3.05 bits per heavy atom. The Bertz CT molecular complexity index is 571. The summed E-state index contributed by atoms with van der Waals surface area (Å²) < 4.78 is 0. The summed E-state index contributed by atoms with van der Waals surface area (Å²) in [6.07, 6.45) is 2.69. The van der Waals surface area contributed by atoms with Gasteiger partial charge >= 0.3 is 0 Å². The van der Waals surface area contributed by atoms with Gasteiger partial charge in [0, 0.05) is 29.7 Å².